The van der Waals surface area contributed by atoms with Crippen LogP contribution in [-0.4, -0.2) is 22.1 Å². The van der Waals surface area contributed by atoms with Gasteiger partial charge in [-0.25, -0.2) is 0 Å². The third-order valence-corrected chi connectivity index (χ3v) is 3.67. The Kier molecular flexibility index (Phi) is 3.22. The van der Waals surface area contributed by atoms with Crippen molar-refractivity contribution in [2.75, 3.05) is 0 Å². The molecule has 1 heterocycles. The number of ether oxygens (including phenoxy) is 1. The van der Waals surface area contributed by atoms with E-state index in [9.17, 15) is 15.0 Å². The van der Waals surface area contributed by atoms with E-state index in [4.69, 9.17) is 4.74 Å². The smallest absolute Gasteiger partial charge is 0.166 e. The van der Waals surface area contributed by atoms with E-state index in [0.717, 1.165) is 24.0 Å². The third kappa shape index (κ3) is 2.41. The Labute approximate surface area is 117 Å². The normalized spacial score (nSPS) is 21.6. The van der Waals surface area contributed by atoms with Gasteiger partial charge in [0, 0.05) is 18.4 Å². The quantitative estimate of drug-likeness (QED) is 0.812. The molecule has 1 aromatic carbocycles. The Bertz CT molecular complexity index is 613. The molecule has 2 N–H and O–H groups in total. The number of hydrogen-bond acceptors (Lipinski definition) is 4. The number of benzene rings is 1. The molecule has 0 spiro atoms. The van der Waals surface area contributed by atoms with Crippen LogP contribution in [0.25, 0.3) is 0 Å². The topological polar surface area (TPSA) is 66.8 Å². The number of rotatable bonds is 2. The van der Waals surface area contributed by atoms with Crippen molar-refractivity contribution in [3.05, 3.63) is 47.2 Å². The Balaban J connectivity index is 1.76. The molecule has 0 saturated carbocycles. The molecule has 0 radical (unpaired) electrons. The van der Waals surface area contributed by atoms with Crippen molar-refractivity contribution in [1.82, 2.24) is 0 Å². The van der Waals surface area contributed by atoms with Crippen LogP contribution >= 0.6 is 0 Å². The van der Waals surface area contributed by atoms with E-state index in [-0.39, 0.29) is 23.4 Å². The van der Waals surface area contributed by atoms with Crippen LogP contribution in [0.4, 0.5) is 0 Å². The molecule has 1 unspecified atom stereocenters. The zero-order valence-electron chi connectivity index (χ0n) is 11.0. The fourth-order valence-corrected chi connectivity index (χ4v) is 2.65. The molecule has 0 amide bonds. The van der Waals surface area contributed by atoms with Crippen molar-refractivity contribution in [3.63, 3.8) is 0 Å². The second-order valence-corrected chi connectivity index (χ2v) is 5.18. The molecule has 1 aliphatic heterocycles. The number of ketones is 1. The summed E-state index contributed by atoms with van der Waals surface area (Å²) in [6.45, 7) is 0. The minimum absolute atomic E-state index is 0.144. The van der Waals surface area contributed by atoms with Crippen LogP contribution in [-0.2, 0) is 16.0 Å². The summed E-state index contributed by atoms with van der Waals surface area (Å²) < 4.78 is 5.86. The second-order valence-electron chi connectivity index (χ2n) is 5.18. The standard InChI is InChI=1S/C16H16O4/c17-13-6-5-10(8-15(13)19)7-11-9-14(18)12-3-1-2-4-16(12)20-11/h2,4-6,8,11,17,19H,1,3,7,9H2. The number of Topliss-reactive ketones (excluding diaryl/α,β-unsaturated/α-hetero) is 1. The van der Waals surface area contributed by atoms with Crippen LogP contribution in [0, 0.1) is 0 Å². The molecule has 4 heteroatoms. The van der Waals surface area contributed by atoms with Crippen LogP contribution in [0.2, 0.25) is 0 Å². The largest absolute Gasteiger partial charge is 0.504 e. The van der Waals surface area contributed by atoms with Crippen molar-refractivity contribution in [1.29, 1.82) is 0 Å². The van der Waals surface area contributed by atoms with Gasteiger partial charge in [0.25, 0.3) is 0 Å². The molecule has 2 aliphatic rings. The molecule has 104 valence electrons. The number of carbonyl (C=O) groups excluding carboxylic acids is 1. The SMILES string of the molecule is O=C1CC(Cc2ccc(O)c(O)c2)OC2=C1CCC=C2. The van der Waals surface area contributed by atoms with Gasteiger partial charge in [-0.2, -0.15) is 0 Å². The van der Waals surface area contributed by atoms with Crippen LogP contribution in [0.3, 0.4) is 0 Å². The molecule has 20 heavy (non-hydrogen) atoms. The molecular formula is C16H16O4. The Morgan fingerprint density at radius 2 is 2.10 bits per heavy atom. The van der Waals surface area contributed by atoms with E-state index in [1.807, 2.05) is 12.2 Å². The van der Waals surface area contributed by atoms with E-state index >= 15 is 0 Å². The Hall–Kier alpha value is -2.23. The van der Waals surface area contributed by atoms with Gasteiger partial charge < -0.3 is 14.9 Å². The lowest BCUT2D eigenvalue weighted by Crippen LogP contribution is -2.28. The molecular weight excluding hydrogens is 256 g/mol. The fraction of sp³-hybridized carbons (Fsp3) is 0.312. The first kappa shape index (κ1) is 12.8. The number of allylic oxidation sites excluding steroid dienone is 3. The zero-order chi connectivity index (χ0) is 14.1. The van der Waals surface area contributed by atoms with E-state index in [1.54, 1.807) is 6.07 Å². The van der Waals surface area contributed by atoms with E-state index < -0.39 is 0 Å². The summed E-state index contributed by atoms with van der Waals surface area (Å²) in [4.78, 5) is 12.1. The lowest BCUT2D eigenvalue weighted by Gasteiger charge is -2.28. The Morgan fingerprint density at radius 3 is 2.90 bits per heavy atom. The highest BCUT2D eigenvalue weighted by Gasteiger charge is 2.28. The first-order valence-electron chi connectivity index (χ1n) is 6.74. The minimum Gasteiger partial charge on any atom is -0.504 e. The van der Waals surface area contributed by atoms with Crippen LogP contribution < -0.4 is 0 Å². The van der Waals surface area contributed by atoms with Gasteiger partial charge in [-0.1, -0.05) is 12.1 Å². The highest BCUT2D eigenvalue weighted by molar-refractivity contribution is 5.97. The first-order valence-corrected chi connectivity index (χ1v) is 6.74. The van der Waals surface area contributed by atoms with Gasteiger partial charge in [0.15, 0.2) is 17.3 Å². The summed E-state index contributed by atoms with van der Waals surface area (Å²) in [6, 6.07) is 4.67. The first-order chi connectivity index (χ1) is 9.63. The number of carbonyl (C=O) groups is 1. The summed E-state index contributed by atoms with van der Waals surface area (Å²) in [5.74, 6) is 0.556. The van der Waals surface area contributed by atoms with Crippen molar-refractivity contribution in [3.8, 4) is 11.5 Å². The number of phenols is 2. The predicted octanol–water partition coefficient (Wildman–Crippen LogP) is 2.60. The van der Waals surface area contributed by atoms with Gasteiger partial charge >= 0.3 is 0 Å². The number of aromatic hydroxyl groups is 2. The highest BCUT2D eigenvalue weighted by atomic mass is 16.5. The highest BCUT2D eigenvalue weighted by Crippen LogP contribution is 2.31. The molecule has 0 aromatic heterocycles. The average Bonchev–Trinajstić information content (AvgIpc) is 2.43. The molecule has 1 atom stereocenters. The monoisotopic (exact) mass is 272 g/mol. The maximum absolute atomic E-state index is 12.1. The van der Waals surface area contributed by atoms with E-state index in [2.05, 4.69) is 0 Å². The fourth-order valence-electron chi connectivity index (χ4n) is 2.65. The van der Waals surface area contributed by atoms with Crippen LogP contribution in [0.1, 0.15) is 24.8 Å². The van der Waals surface area contributed by atoms with Crippen molar-refractivity contribution >= 4 is 5.78 Å². The maximum atomic E-state index is 12.1. The van der Waals surface area contributed by atoms with Crippen LogP contribution in [0.15, 0.2) is 41.7 Å². The van der Waals surface area contributed by atoms with Gasteiger partial charge in [-0.3, -0.25) is 4.79 Å². The third-order valence-electron chi connectivity index (χ3n) is 3.67. The molecule has 0 saturated heterocycles. The minimum atomic E-state index is -0.215. The molecule has 1 aromatic rings. The number of hydrogen-bond donors (Lipinski definition) is 2. The summed E-state index contributed by atoms with van der Waals surface area (Å²) in [5.41, 5.74) is 1.64. The predicted molar refractivity (Wildman–Crippen MR) is 73.4 cm³/mol. The van der Waals surface area contributed by atoms with Crippen LogP contribution in [0.5, 0.6) is 11.5 Å². The molecule has 4 nitrogen and oxygen atoms in total. The van der Waals surface area contributed by atoms with E-state index in [0.29, 0.717) is 18.6 Å². The van der Waals surface area contributed by atoms with Gasteiger partial charge in [0.1, 0.15) is 11.9 Å². The lowest BCUT2D eigenvalue weighted by atomic mass is 9.91. The second kappa shape index (κ2) is 5.04. The number of phenolic OH excluding ortho intramolecular Hbond substituents is 2. The molecule has 3 rings (SSSR count). The summed E-state index contributed by atoms with van der Waals surface area (Å²) in [7, 11) is 0. The van der Waals surface area contributed by atoms with Gasteiger partial charge in [0.05, 0.1) is 0 Å². The van der Waals surface area contributed by atoms with Gasteiger partial charge in [-0.15, -0.1) is 0 Å². The average molecular weight is 272 g/mol. The lowest BCUT2D eigenvalue weighted by molar-refractivity contribution is -0.119. The van der Waals surface area contributed by atoms with Gasteiger partial charge in [0.2, 0.25) is 0 Å². The summed E-state index contributed by atoms with van der Waals surface area (Å²) in [5, 5.41) is 18.8. The molecule has 0 fully saturated rings. The van der Waals surface area contributed by atoms with E-state index in [1.165, 1.54) is 12.1 Å². The summed E-state index contributed by atoms with van der Waals surface area (Å²) in [6.07, 6.45) is 6.23. The molecule has 1 aliphatic carbocycles. The molecule has 0 bridgehead atoms. The maximum Gasteiger partial charge on any atom is 0.166 e. The Morgan fingerprint density at radius 1 is 1.25 bits per heavy atom. The zero-order valence-corrected chi connectivity index (χ0v) is 11.0. The van der Waals surface area contributed by atoms with Crippen molar-refractivity contribution in [2.45, 2.75) is 31.8 Å². The van der Waals surface area contributed by atoms with Gasteiger partial charge in [-0.05, 0) is 36.6 Å². The van der Waals surface area contributed by atoms with Crippen molar-refractivity contribution < 1.29 is 19.7 Å². The summed E-state index contributed by atoms with van der Waals surface area (Å²) >= 11 is 0. The van der Waals surface area contributed by atoms with Crippen molar-refractivity contribution in [2.24, 2.45) is 0 Å².